The Morgan fingerprint density at radius 1 is 1.08 bits per heavy atom. The molecule has 1 atom stereocenters. The molecule has 0 bridgehead atoms. The van der Waals surface area contributed by atoms with Crippen LogP contribution in [0.1, 0.15) is 23.0 Å². The molecule has 3 aromatic carbocycles. The molecule has 0 aliphatic rings. The fourth-order valence-corrected chi connectivity index (χ4v) is 7.91. The Bertz CT molecular complexity index is 1680. The lowest BCUT2D eigenvalue weighted by atomic mass is 10.2. The van der Waals surface area contributed by atoms with Gasteiger partial charge in [0.05, 0.1) is 34.0 Å². The Morgan fingerprint density at radius 2 is 1.81 bits per heavy atom. The van der Waals surface area contributed by atoms with Gasteiger partial charge in [-0.1, -0.05) is 35.9 Å². The van der Waals surface area contributed by atoms with Gasteiger partial charge in [-0.3, -0.25) is 4.57 Å². The smallest absolute Gasteiger partial charge is 0.356 e. The first-order valence-electron chi connectivity index (χ1n) is 10.7. The number of nitriles is 1. The highest BCUT2D eigenvalue weighted by Crippen LogP contribution is 2.48. The molecule has 0 fully saturated rings. The normalized spacial score (nSPS) is 13.2. The summed E-state index contributed by atoms with van der Waals surface area (Å²) in [4.78, 5) is 13.3. The Morgan fingerprint density at radius 3 is 2.44 bits per heavy atom. The van der Waals surface area contributed by atoms with Gasteiger partial charge in [-0.25, -0.2) is 17.2 Å². The van der Waals surface area contributed by atoms with Gasteiger partial charge in [-0.05, 0) is 55.5 Å². The van der Waals surface area contributed by atoms with Crippen molar-refractivity contribution in [1.29, 1.82) is 5.26 Å². The largest absolute Gasteiger partial charge is 0.461 e. The van der Waals surface area contributed by atoms with Crippen LogP contribution in [0.5, 0.6) is 0 Å². The van der Waals surface area contributed by atoms with E-state index < -0.39 is 29.1 Å². The molecule has 11 heteroatoms. The van der Waals surface area contributed by atoms with Crippen LogP contribution in [0, 0.1) is 11.3 Å². The van der Waals surface area contributed by atoms with E-state index in [9.17, 15) is 23.0 Å². The van der Waals surface area contributed by atoms with Crippen LogP contribution in [-0.4, -0.2) is 32.1 Å². The summed E-state index contributed by atoms with van der Waals surface area (Å²) < 4.78 is 53.9. The lowest BCUT2D eigenvalue weighted by Crippen LogP contribution is -2.28. The van der Waals surface area contributed by atoms with Crippen molar-refractivity contribution in [3.63, 3.8) is 0 Å². The van der Waals surface area contributed by atoms with Crippen LogP contribution in [0.4, 0.5) is 0 Å². The Labute approximate surface area is 213 Å². The fourth-order valence-electron chi connectivity index (χ4n) is 3.93. The van der Waals surface area contributed by atoms with E-state index in [1.807, 2.05) is 6.07 Å². The molecule has 0 aliphatic heterocycles. The van der Waals surface area contributed by atoms with Crippen LogP contribution in [-0.2, 0) is 23.8 Å². The third-order valence-electron chi connectivity index (χ3n) is 5.48. The number of esters is 1. The lowest BCUT2D eigenvalue weighted by molar-refractivity contribution is 0.0520. The number of carbonyl (C=O) groups excluding carboxylic acids is 1. The van der Waals surface area contributed by atoms with E-state index in [0.29, 0.717) is 0 Å². The molecular formula is C25H20ClN2O6PS. The Kier molecular flexibility index (Phi) is 7.07. The maximum absolute atomic E-state index is 14.6. The van der Waals surface area contributed by atoms with E-state index in [4.69, 9.17) is 20.9 Å². The minimum atomic E-state index is -4.37. The molecule has 0 spiro atoms. The van der Waals surface area contributed by atoms with Crippen molar-refractivity contribution in [3.8, 4) is 6.07 Å². The van der Waals surface area contributed by atoms with E-state index in [1.165, 1.54) is 61.7 Å². The zero-order valence-corrected chi connectivity index (χ0v) is 21.7. The summed E-state index contributed by atoms with van der Waals surface area (Å²) in [6.07, 6.45) is 0. The number of halogens is 1. The monoisotopic (exact) mass is 542 g/mol. The summed E-state index contributed by atoms with van der Waals surface area (Å²) in [5.74, 6) is -1.01. The summed E-state index contributed by atoms with van der Waals surface area (Å²) in [6.45, 7) is 1.51. The zero-order chi connectivity index (χ0) is 26.1. The number of carbonyl (C=O) groups is 1. The van der Waals surface area contributed by atoms with Gasteiger partial charge in [0.15, 0.2) is 5.69 Å². The van der Waals surface area contributed by atoms with Gasteiger partial charge in [0.25, 0.3) is 17.4 Å². The molecule has 0 aliphatic carbocycles. The van der Waals surface area contributed by atoms with Crippen molar-refractivity contribution in [2.24, 2.45) is 0 Å². The van der Waals surface area contributed by atoms with Crippen LogP contribution >= 0.6 is 19.0 Å². The summed E-state index contributed by atoms with van der Waals surface area (Å²) >= 11 is 6.26. The number of nitrogens with zero attached hydrogens (tertiary/aromatic N) is 2. The molecule has 4 rings (SSSR count). The third-order valence-corrected chi connectivity index (χ3v) is 9.95. The number of benzene rings is 3. The van der Waals surface area contributed by atoms with Gasteiger partial charge in [0.2, 0.25) is 0 Å². The number of hydrogen-bond acceptors (Lipinski definition) is 7. The minimum Gasteiger partial charge on any atom is -0.461 e. The summed E-state index contributed by atoms with van der Waals surface area (Å²) in [5, 5.41) is 9.65. The van der Waals surface area contributed by atoms with Gasteiger partial charge >= 0.3 is 5.97 Å². The van der Waals surface area contributed by atoms with E-state index >= 15 is 0 Å². The average molecular weight is 543 g/mol. The molecule has 0 amide bonds. The number of aromatic nitrogens is 1. The van der Waals surface area contributed by atoms with Crippen molar-refractivity contribution >= 4 is 56.5 Å². The molecule has 0 radical (unpaired) electrons. The summed E-state index contributed by atoms with van der Waals surface area (Å²) in [7, 11) is -7.34. The number of hydrogen-bond donors (Lipinski definition) is 0. The minimum absolute atomic E-state index is 0.0624. The predicted octanol–water partition coefficient (Wildman–Crippen LogP) is 4.46. The van der Waals surface area contributed by atoms with Crippen molar-refractivity contribution in [1.82, 2.24) is 3.97 Å². The van der Waals surface area contributed by atoms with Gasteiger partial charge in [-0.15, -0.1) is 0 Å². The number of ether oxygens (including phenoxy) is 1. The average Bonchev–Trinajstić information content (AvgIpc) is 3.24. The Hall–Kier alpha value is -3.41. The molecule has 8 nitrogen and oxygen atoms in total. The molecule has 0 saturated carbocycles. The SMILES string of the molecule is CCOC(=O)c1c(P(=O)(OC)c2cccc(C#N)c2)c2cc(Cl)ccc2n1S(=O)(=O)c1ccccc1. The molecule has 1 aromatic heterocycles. The van der Waals surface area contributed by atoms with Crippen LogP contribution in [0.15, 0.2) is 77.7 Å². The molecule has 1 heterocycles. The van der Waals surface area contributed by atoms with Crippen LogP contribution < -0.4 is 10.6 Å². The van der Waals surface area contributed by atoms with Gasteiger partial charge in [0.1, 0.15) is 0 Å². The van der Waals surface area contributed by atoms with E-state index in [0.717, 1.165) is 3.97 Å². The maximum Gasteiger partial charge on any atom is 0.356 e. The van der Waals surface area contributed by atoms with Crippen molar-refractivity contribution < 1.29 is 27.0 Å². The van der Waals surface area contributed by atoms with Gasteiger partial charge in [0, 0.05) is 22.8 Å². The molecular weight excluding hydrogens is 523 g/mol. The number of rotatable bonds is 7. The zero-order valence-electron chi connectivity index (χ0n) is 19.2. The van der Waals surface area contributed by atoms with Crippen molar-refractivity contribution in [2.75, 3.05) is 13.7 Å². The van der Waals surface area contributed by atoms with Gasteiger partial charge < -0.3 is 9.26 Å². The van der Waals surface area contributed by atoms with Crippen LogP contribution in [0.25, 0.3) is 10.9 Å². The van der Waals surface area contributed by atoms with Crippen LogP contribution in [0.3, 0.4) is 0 Å². The van der Waals surface area contributed by atoms with E-state index in [-0.39, 0.29) is 43.6 Å². The highest BCUT2D eigenvalue weighted by molar-refractivity contribution is 7.90. The molecule has 4 aromatic rings. The topological polar surface area (TPSA) is 115 Å². The van der Waals surface area contributed by atoms with Gasteiger partial charge in [-0.2, -0.15) is 5.26 Å². The van der Waals surface area contributed by atoms with Crippen molar-refractivity contribution in [3.05, 3.63) is 89.1 Å². The molecule has 1 unspecified atom stereocenters. The fraction of sp³-hybridized carbons (Fsp3) is 0.120. The third kappa shape index (κ3) is 4.23. The van der Waals surface area contributed by atoms with Crippen LogP contribution in [0.2, 0.25) is 5.02 Å². The highest BCUT2D eigenvalue weighted by Gasteiger charge is 2.41. The second kappa shape index (κ2) is 9.92. The summed E-state index contributed by atoms with van der Waals surface area (Å²) in [6, 6.07) is 19.7. The van der Waals surface area contributed by atoms with E-state index in [1.54, 1.807) is 25.1 Å². The second-order valence-electron chi connectivity index (χ2n) is 7.56. The number of fused-ring (bicyclic) bond motifs is 1. The quantitative estimate of drug-likeness (QED) is 0.250. The predicted molar refractivity (Wildman–Crippen MR) is 137 cm³/mol. The molecule has 0 N–H and O–H groups in total. The first-order valence-corrected chi connectivity index (χ1v) is 14.1. The standard InChI is InChI=1S/C25H20ClN2O6PS/c1-3-34-25(29)23-24(35(30,33-2)19-9-7-8-17(14-19)16-27)21-15-18(26)12-13-22(21)28(23)36(31,32)20-10-5-4-6-11-20/h4-15H,3H2,1-2H3. The first-order chi connectivity index (χ1) is 17.2. The highest BCUT2D eigenvalue weighted by atomic mass is 35.5. The maximum atomic E-state index is 14.6. The second-order valence-corrected chi connectivity index (χ2v) is 12.2. The first kappa shape index (κ1) is 25.7. The van der Waals surface area contributed by atoms with Crippen molar-refractivity contribution in [2.45, 2.75) is 11.8 Å². The Balaban J connectivity index is 2.22. The summed E-state index contributed by atoms with van der Waals surface area (Å²) in [5.41, 5.74) is -0.193. The van der Waals surface area contributed by atoms with E-state index in [2.05, 4.69) is 0 Å². The lowest BCUT2D eigenvalue weighted by Gasteiger charge is -2.19. The molecule has 184 valence electrons. The molecule has 0 saturated heterocycles. The molecule has 36 heavy (non-hydrogen) atoms.